The minimum absolute atomic E-state index is 0.540. The first kappa shape index (κ1) is 12.2. The summed E-state index contributed by atoms with van der Waals surface area (Å²) in [6.45, 7) is 3.55. The van der Waals surface area contributed by atoms with Gasteiger partial charge in [-0.15, -0.1) is 0 Å². The van der Waals surface area contributed by atoms with Gasteiger partial charge in [0, 0.05) is 18.3 Å². The molecule has 1 saturated heterocycles. The number of rotatable bonds is 3. The van der Waals surface area contributed by atoms with Crippen molar-refractivity contribution in [2.75, 3.05) is 6.54 Å². The van der Waals surface area contributed by atoms with E-state index in [9.17, 15) is 0 Å². The highest BCUT2D eigenvalue weighted by atomic mass is 15.1. The van der Waals surface area contributed by atoms with E-state index in [1.807, 2.05) is 0 Å². The summed E-state index contributed by atoms with van der Waals surface area (Å²) in [5, 5.41) is 3.60. The molecular formula is C15H25N3. The highest BCUT2D eigenvalue weighted by Gasteiger charge is 2.26. The van der Waals surface area contributed by atoms with E-state index in [0.29, 0.717) is 12.1 Å². The van der Waals surface area contributed by atoms with Crippen LogP contribution in [0.4, 0.5) is 0 Å². The first-order valence-corrected chi connectivity index (χ1v) is 7.61. The monoisotopic (exact) mass is 247 g/mol. The molecular weight excluding hydrogens is 222 g/mol. The molecule has 1 saturated carbocycles. The van der Waals surface area contributed by atoms with Gasteiger partial charge < -0.3 is 9.88 Å². The van der Waals surface area contributed by atoms with Crippen LogP contribution in [0.3, 0.4) is 0 Å². The quantitative estimate of drug-likeness (QED) is 0.886. The third kappa shape index (κ3) is 2.33. The van der Waals surface area contributed by atoms with Crippen molar-refractivity contribution in [3.63, 3.8) is 0 Å². The second kappa shape index (κ2) is 5.43. The molecule has 0 amide bonds. The molecule has 2 atom stereocenters. The van der Waals surface area contributed by atoms with E-state index < -0.39 is 0 Å². The molecule has 0 radical (unpaired) electrons. The van der Waals surface area contributed by atoms with E-state index in [1.54, 1.807) is 0 Å². The van der Waals surface area contributed by atoms with Crippen molar-refractivity contribution in [2.45, 2.75) is 64.0 Å². The molecule has 100 valence electrons. The minimum Gasteiger partial charge on any atom is -0.330 e. The van der Waals surface area contributed by atoms with Gasteiger partial charge in [0.2, 0.25) is 0 Å². The van der Waals surface area contributed by atoms with Gasteiger partial charge in [-0.3, -0.25) is 0 Å². The molecule has 2 unspecified atom stereocenters. The van der Waals surface area contributed by atoms with E-state index in [-0.39, 0.29) is 0 Å². The van der Waals surface area contributed by atoms with Crippen LogP contribution in [0.2, 0.25) is 0 Å². The number of hydrogen-bond acceptors (Lipinski definition) is 2. The summed E-state index contributed by atoms with van der Waals surface area (Å²) in [4.78, 5) is 4.41. The molecule has 1 aromatic heterocycles. The molecule has 3 rings (SSSR count). The molecule has 0 bridgehead atoms. The van der Waals surface area contributed by atoms with Crippen molar-refractivity contribution in [1.82, 2.24) is 14.9 Å². The molecule has 1 N–H and O–H groups in total. The van der Waals surface area contributed by atoms with Crippen LogP contribution >= 0.6 is 0 Å². The molecule has 3 heteroatoms. The van der Waals surface area contributed by atoms with Crippen LogP contribution in [-0.2, 0) is 0 Å². The standard InChI is InChI=1S/C15H25N3/c1-12(13-6-3-2-4-7-13)18-11-16-10-15(18)14-8-5-9-17-14/h10-14,17H,2-9H2,1H3. The van der Waals surface area contributed by atoms with Crippen LogP contribution in [-0.4, -0.2) is 16.1 Å². The Bertz CT molecular complexity index is 373. The molecule has 2 heterocycles. The van der Waals surface area contributed by atoms with Crippen molar-refractivity contribution in [1.29, 1.82) is 0 Å². The average molecular weight is 247 g/mol. The Labute approximate surface area is 110 Å². The maximum atomic E-state index is 4.41. The number of hydrogen-bond donors (Lipinski definition) is 1. The van der Waals surface area contributed by atoms with Gasteiger partial charge in [-0.1, -0.05) is 19.3 Å². The van der Waals surface area contributed by atoms with Gasteiger partial charge in [-0.05, 0) is 45.1 Å². The summed E-state index contributed by atoms with van der Waals surface area (Å²) in [7, 11) is 0. The Morgan fingerprint density at radius 2 is 2.06 bits per heavy atom. The van der Waals surface area contributed by atoms with E-state index >= 15 is 0 Å². The number of nitrogens with one attached hydrogen (secondary N) is 1. The number of nitrogens with zero attached hydrogens (tertiary/aromatic N) is 2. The highest BCUT2D eigenvalue weighted by Crippen LogP contribution is 2.35. The lowest BCUT2D eigenvalue weighted by atomic mass is 9.84. The summed E-state index contributed by atoms with van der Waals surface area (Å²) < 4.78 is 2.44. The largest absolute Gasteiger partial charge is 0.330 e. The Morgan fingerprint density at radius 3 is 2.78 bits per heavy atom. The second-order valence-electron chi connectivity index (χ2n) is 6.01. The maximum absolute atomic E-state index is 4.41. The SMILES string of the molecule is CC(C1CCCCC1)n1cncc1C1CCCN1. The van der Waals surface area contributed by atoms with Gasteiger partial charge in [0.25, 0.3) is 0 Å². The van der Waals surface area contributed by atoms with Crippen LogP contribution in [0.25, 0.3) is 0 Å². The predicted molar refractivity (Wildman–Crippen MR) is 73.5 cm³/mol. The van der Waals surface area contributed by atoms with Crippen molar-refractivity contribution < 1.29 is 0 Å². The lowest BCUT2D eigenvalue weighted by molar-refractivity contribution is 0.258. The van der Waals surface area contributed by atoms with Crippen LogP contribution in [0, 0.1) is 5.92 Å². The zero-order chi connectivity index (χ0) is 12.4. The van der Waals surface area contributed by atoms with Gasteiger partial charge in [0.1, 0.15) is 0 Å². The lowest BCUT2D eigenvalue weighted by Crippen LogP contribution is -2.23. The highest BCUT2D eigenvalue weighted by molar-refractivity contribution is 5.08. The zero-order valence-corrected chi connectivity index (χ0v) is 11.4. The topological polar surface area (TPSA) is 29.9 Å². The molecule has 1 aromatic rings. The van der Waals surface area contributed by atoms with Gasteiger partial charge >= 0.3 is 0 Å². The van der Waals surface area contributed by atoms with E-state index in [4.69, 9.17) is 0 Å². The van der Waals surface area contributed by atoms with Gasteiger partial charge in [0.05, 0.1) is 12.0 Å². The van der Waals surface area contributed by atoms with Crippen LogP contribution in [0.5, 0.6) is 0 Å². The fraction of sp³-hybridized carbons (Fsp3) is 0.800. The van der Waals surface area contributed by atoms with Gasteiger partial charge in [0.15, 0.2) is 0 Å². The molecule has 1 aliphatic carbocycles. The van der Waals surface area contributed by atoms with Crippen LogP contribution in [0.1, 0.15) is 69.6 Å². The van der Waals surface area contributed by atoms with Gasteiger partial charge in [-0.2, -0.15) is 0 Å². The summed E-state index contributed by atoms with van der Waals surface area (Å²) >= 11 is 0. The Kier molecular flexibility index (Phi) is 3.69. The second-order valence-corrected chi connectivity index (χ2v) is 6.01. The summed E-state index contributed by atoms with van der Waals surface area (Å²) in [6.07, 6.45) is 13.8. The fourth-order valence-electron chi connectivity index (χ4n) is 3.71. The summed E-state index contributed by atoms with van der Waals surface area (Å²) in [6, 6.07) is 1.16. The average Bonchev–Trinajstić information content (AvgIpc) is 3.09. The Hall–Kier alpha value is -0.830. The maximum Gasteiger partial charge on any atom is 0.0951 e. The number of aromatic nitrogens is 2. The summed E-state index contributed by atoms with van der Waals surface area (Å²) in [5.41, 5.74) is 1.41. The summed E-state index contributed by atoms with van der Waals surface area (Å²) in [5.74, 6) is 0.855. The van der Waals surface area contributed by atoms with Crippen molar-refractivity contribution >= 4 is 0 Å². The van der Waals surface area contributed by atoms with E-state index in [2.05, 4.69) is 34.3 Å². The van der Waals surface area contributed by atoms with Gasteiger partial charge in [-0.25, -0.2) is 4.98 Å². The molecule has 2 fully saturated rings. The fourth-order valence-corrected chi connectivity index (χ4v) is 3.71. The van der Waals surface area contributed by atoms with Crippen LogP contribution < -0.4 is 5.32 Å². The Balaban J connectivity index is 1.76. The smallest absolute Gasteiger partial charge is 0.0951 e. The first-order valence-electron chi connectivity index (χ1n) is 7.61. The molecule has 3 nitrogen and oxygen atoms in total. The molecule has 2 aliphatic rings. The molecule has 18 heavy (non-hydrogen) atoms. The van der Waals surface area contributed by atoms with E-state index in [0.717, 1.165) is 12.5 Å². The zero-order valence-electron chi connectivity index (χ0n) is 11.4. The Morgan fingerprint density at radius 1 is 1.22 bits per heavy atom. The van der Waals surface area contributed by atoms with Crippen LogP contribution in [0.15, 0.2) is 12.5 Å². The normalized spacial score (nSPS) is 27.5. The van der Waals surface area contributed by atoms with Crippen molar-refractivity contribution in [3.05, 3.63) is 18.2 Å². The van der Waals surface area contributed by atoms with E-state index in [1.165, 1.54) is 50.6 Å². The molecule has 0 spiro atoms. The third-order valence-corrected chi connectivity index (χ3v) is 4.88. The lowest BCUT2D eigenvalue weighted by Gasteiger charge is -2.30. The predicted octanol–water partition coefficient (Wildman–Crippen LogP) is 3.45. The molecule has 1 aliphatic heterocycles. The minimum atomic E-state index is 0.540. The molecule has 0 aromatic carbocycles. The van der Waals surface area contributed by atoms with Crippen molar-refractivity contribution in [2.24, 2.45) is 5.92 Å². The first-order chi connectivity index (χ1) is 8.86. The number of imidazole rings is 1. The van der Waals surface area contributed by atoms with Crippen molar-refractivity contribution in [3.8, 4) is 0 Å². The third-order valence-electron chi connectivity index (χ3n) is 4.88.